The Hall–Kier alpha value is -0.610. The molecule has 0 bridgehead atoms. The highest BCUT2D eigenvalue weighted by atomic mass is 16.5. The van der Waals surface area contributed by atoms with Crippen molar-refractivity contribution in [3.05, 3.63) is 0 Å². The highest BCUT2D eigenvalue weighted by molar-refractivity contribution is 5.75. The van der Waals surface area contributed by atoms with E-state index < -0.39 is 0 Å². The molecule has 0 aromatic heterocycles. The first-order valence-corrected chi connectivity index (χ1v) is 11.1. The van der Waals surface area contributed by atoms with Crippen LogP contribution in [0.2, 0.25) is 0 Å². The Morgan fingerprint density at radius 3 is 1.96 bits per heavy atom. The molecular weight excluding hydrogens is 326 g/mol. The van der Waals surface area contributed by atoms with Gasteiger partial charge in [0.2, 0.25) is 5.91 Å². The molecule has 0 aliphatic carbocycles. The second-order valence-electron chi connectivity index (χ2n) is 7.57. The molecule has 0 aliphatic heterocycles. The van der Waals surface area contributed by atoms with Crippen LogP contribution < -0.4 is 5.32 Å². The van der Waals surface area contributed by atoms with Crippen LogP contribution in [0.25, 0.3) is 0 Å². The first-order chi connectivity index (χ1) is 12.7. The molecule has 0 rings (SSSR count). The van der Waals surface area contributed by atoms with Crippen molar-refractivity contribution in [2.24, 2.45) is 0 Å². The van der Waals surface area contributed by atoms with Crippen LogP contribution in [0.1, 0.15) is 110 Å². The number of aliphatic hydroxyl groups excluding tert-OH is 1. The molecule has 4 heteroatoms. The highest BCUT2D eigenvalue weighted by Gasteiger charge is 2.03. The summed E-state index contributed by atoms with van der Waals surface area (Å²) >= 11 is 0. The third-order valence-electron chi connectivity index (χ3n) is 4.93. The lowest BCUT2D eigenvalue weighted by molar-refractivity contribution is -0.121. The van der Waals surface area contributed by atoms with Crippen LogP contribution in [0.15, 0.2) is 0 Å². The van der Waals surface area contributed by atoms with Crippen LogP contribution in [-0.2, 0) is 9.53 Å². The monoisotopic (exact) mass is 371 g/mol. The maximum Gasteiger partial charge on any atom is 0.219 e. The fourth-order valence-electron chi connectivity index (χ4n) is 3.21. The predicted octanol–water partition coefficient (Wildman–Crippen LogP) is 5.37. The molecule has 1 atom stereocenters. The zero-order chi connectivity index (χ0) is 19.3. The van der Waals surface area contributed by atoms with Crippen molar-refractivity contribution in [3.8, 4) is 0 Å². The molecule has 4 nitrogen and oxygen atoms in total. The molecule has 26 heavy (non-hydrogen) atoms. The summed E-state index contributed by atoms with van der Waals surface area (Å²) in [6.45, 7) is 3.65. The van der Waals surface area contributed by atoms with Crippen molar-refractivity contribution in [3.63, 3.8) is 0 Å². The van der Waals surface area contributed by atoms with Gasteiger partial charge in [-0.1, -0.05) is 77.6 Å². The standard InChI is InChI=1S/C22H45NO3/c1-3-4-5-12-16-21(24)17-13-10-8-6-7-9-11-14-18-22(25)23-19-15-20-26-2/h21,24H,3-20H2,1-2H3,(H,23,25). The SMILES string of the molecule is CCCCCCC(O)CCCCCCCCCCC(=O)NCCCOC. The average Bonchev–Trinajstić information content (AvgIpc) is 2.64. The van der Waals surface area contributed by atoms with Gasteiger partial charge in [0, 0.05) is 26.7 Å². The van der Waals surface area contributed by atoms with Crippen molar-refractivity contribution in [2.75, 3.05) is 20.3 Å². The topological polar surface area (TPSA) is 58.6 Å². The first kappa shape index (κ1) is 25.4. The summed E-state index contributed by atoms with van der Waals surface area (Å²) in [5, 5.41) is 12.9. The van der Waals surface area contributed by atoms with Gasteiger partial charge >= 0.3 is 0 Å². The summed E-state index contributed by atoms with van der Waals surface area (Å²) in [5.41, 5.74) is 0. The number of nitrogens with one attached hydrogen (secondary N) is 1. The van der Waals surface area contributed by atoms with Crippen LogP contribution in [0.5, 0.6) is 0 Å². The molecule has 0 aliphatic rings. The molecule has 0 saturated carbocycles. The van der Waals surface area contributed by atoms with Crippen LogP contribution in [0.3, 0.4) is 0 Å². The van der Waals surface area contributed by atoms with Crippen molar-refractivity contribution < 1.29 is 14.6 Å². The molecule has 0 saturated heterocycles. The number of carbonyl (C=O) groups is 1. The number of methoxy groups -OCH3 is 1. The Kier molecular flexibility index (Phi) is 20.2. The third-order valence-corrected chi connectivity index (χ3v) is 4.93. The first-order valence-electron chi connectivity index (χ1n) is 11.1. The Bertz CT molecular complexity index is 297. The highest BCUT2D eigenvalue weighted by Crippen LogP contribution is 2.14. The molecule has 0 heterocycles. The Morgan fingerprint density at radius 2 is 1.38 bits per heavy atom. The van der Waals surface area contributed by atoms with Gasteiger partial charge in [0.05, 0.1) is 6.10 Å². The number of carbonyl (C=O) groups excluding carboxylic acids is 1. The van der Waals surface area contributed by atoms with Crippen LogP contribution >= 0.6 is 0 Å². The lowest BCUT2D eigenvalue weighted by Gasteiger charge is -2.10. The van der Waals surface area contributed by atoms with Crippen molar-refractivity contribution in [1.82, 2.24) is 5.32 Å². The number of ether oxygens (including phenoxy) is 1. The summed E-state index contributed by atoms with van der Waals surface area (Å²) in [4.78, 5) is 11.6. The molecule has 0 aromatic rings. The van der Waals surface area contributed by atoms with Gasteiger partial charge in [-0.25, -0.2) is 0 Å². The summed E-state index contributed by atoms with van der Waals surface area (Å²) in [7, 11) is 1.68. The van der Waals surface area contributed by atoms with Gasteiger partial charge in [-0.15, -0.1) is 0 Å². The van der Waals surface area contributed by atoms with Gasteiger partial charge in [-0.3, -0.25) is 4.79 Å². The van der Waals surface area contributed by atoms with Crippen molar-refractivity contribution in [2.45, 2.75) is 116 Å². The second kappa shape index (κ2) is 20.7. The molecule has 1 unspecified atom stereocenters. The smallest absolute Gasteiger partial charge is 0.219 e. The largest absolute Gasteiger partial charge is 0.393 e. The van der Waals surface area contributed by atoms with Crippen LogP contribution in [0.4, 0.5) is 0 Å². The Balaban J connectivity index is 3.20. The molecule has 0 aromatic carbocycles. The minimum atomic E-state index is -0.0764. The zero-order valence-electron chi connectivity index (χ0n) is 17.6. The van der Waals surface area contributed by atoms with Gasteiger partial charge in [0.25, 0.3) is 0 Å². The van der Waals surface area contributed by atoms with Gasteiger partial charge in [0.15, 0.2) is 0 Å². The summed E-state index contributed by atoms with van der Waals surface area (Å²) in [6.07, 6.45) is 18.1. The summed E-state index contributed by atoms with van der Waals surface area (Å²) < 4.78 is 4.96. The lowest BCUT2D eigenvalue weighted by Crippen LogP contribution is -2.24. The number of unbranched alkanes of at least 4 members (excludes halogenated alkanes) is 10. The van der Waals surface area contributed by atoms with E-state index in [4.69, 9.17) is 4.74 Å². The number of hydrogen-bond acceptors (Lipinski definition) is 3. The normalized spacial score (nSPS) is 12.3. The molecule has 0 spiro atoms. The van der Waals surface area contributed by atoms with Gasteiger partial charge < -0.3 is 15.2 Å². The van der Waals surface area contributed by atoms with Crippen LogP contribution in [0, 0.1) is 0 Å². The summed E-state index contributed by atoms with van der Waals surface area (Å²) in [5.74, 6) is 0.175. The predicted molar refractivity (Wildman–Crippen MR) is 110 cm³/mol. The number of amides is 1. The molecule has 0 fully saturated rings. The van der Waals surface area contributed by atoms with E-state index in [1.165, 1.54) is 57.8 Å². The maximum atomic E-state index is 11.6. The third kappa shape index (κ3) is 19.7. The average molecular weight is 372 g/mol. The van der Waals surface area contributed by atoms with E-state index in [2.05, 4.69) is 12.2 Å². The molecule has 156 valence electrons. The van der Waals surface area contributed by atoms with E-state index in [0.29, 0.717) is 13.0 Å². The van der Waals surface area contributed by atoms with Crippen molar-refractivity contribution >= 4 is 5.91 Å². The zero-order valence-corrected chi connectivity index (χ0v) is 17.6. The van der Waals surface area contributed by atoms with Crippen LogP contribution in [-0.4, -0.2) is 37.4 Å². The molecule has 2 N–H and O–H groups in total. The Morgan fingerprint density at radius 1 is 0.846 bits per heavy atom. The quantitative estimate of drug-likeness (QED) is 0.283. The van der Waals surface area contributed by atoms with E-state index in [-0.39, 0.29) is 12.0 Å². The molecular formula is C22H45NO3. The molecule has 1 amide bonds. The minimum absolute atomic E-state index is 0.0764. The van der Waals surface area contributed by atoms with Crippen molar-refractivity contribution in [1.29, 1.82) is 0 Å². The fraction of sp³-hybridized carbons (Fsp3) is 0.955. The van der Waals surface area contributed by atoms with E-state index >= 15 is 0 Å². The van der Waals surface area contributed by atoms with E-state index in [0.717, 1.165) is 45.1 Å². The number of aliphatic hydroxyl groups is 1. The van der Waals surface area contributed by atoms with E-state index in [1.54, 1.807) is 7.11 Å². The minimum Gasteiger partial charge on any atom is -0.393 e. The lowest BCUT2D eigenvalue weighted by atomic mass is 10.0. The number of rotatable bonds is 20. The van der Waals surface area contributed by atoms with Gasteiger partial charge in [-0.2, -0.15) is 0 Å². The Labute approximate surface area is 162 Å². The second-order valence-corrected chi connectivity index (χ2v) is 7.57. The molecule has 0 radical (unpaired) electrons. The summed E-state index contributed by atoms with van der Waals surface area (Å²) in [6, 6.07) is 0. The number of hydrogen-bond donors (Lipinski definition) is 2. The van der Waals surface area contributed by atoms with E-state index in [9.17, 15) is 9.90 Å². The van der Waals surface area contributed by atoms with Gasteiger partial charge in [0.1, 0.15) is 0 Å². The maximum absolute atomic E-state index is 11.6. The van der Waals surface area contributed by atoms with E-state index in [1.807, 2.05) is 0 Å². The fourth-order valence-corrected chi connectivity index (χ4v) is 3.21. The van der Waals surface area contributed by atoms with Gasteiger partial charge in [-0.05, 0) is 25.7 Å².